The summed E-state index contributed by atoms with van der Waals surface area (Å²) in [6.07, 6.45) is 1.87. The van der Waals surface area contributed by atoms with Crippen LogP contribution in [0.2, 0.25) is 0 Å². The Labute approximate surface area is 168 Å². The average Bonchev–Trinajstić information content (AvgIpc) is 2.58. The zero-order chi connectivity index (χ0) is 17.2. The Balaban J connectivity index is 0.00000169. The third kappa shape index (κ3) is 5.26. The molecule has 1 fully saturated rings. The topological polar surface area (TPSA) is 43.3 Å². The predicted octanol–water partition coefficient (Wildman–Crippen LogP) is 3.39. The van der Waals surface area contributed by atoms with Gasteiger partial charge in [-0.05, 0) is 38.0 Å². The van der Waals surface area contributed by atoms with Crippen molar-refractivity contribution in [1.82, 2.24) is 4.90 Å². The van der Waals surface area contributed by atoms with Gasteiger partial charge in [0.15, 0.2) is 11.5 Å². The van der Waals surface area contributed by atoms with Crippen LogP contribution in [-0.4, -0.2) is 63.2 Å². The van der Waals surface area contributed by atoms with Gasteiger partial charge in [-0.1, -0.05) is 0 Å². The van der Waals surface area contributed by atoms with E-state index >= 15 is 0 Å². The molecular weight excluding hydrogens is 375 g/mol. The number of hydrogen-bond donors (Lipinski definition) is 0. The monoisotopic (exact) mass is 404 g/mol. The first-order chi connectivity index (χ1) is 11.5. The smallest absolute Gasteiger partial charge is 0.161 e. The number of hydrogen-bond acceptors (Lipinski definition) is 5. The first-order valence-corrected chi connectivity index (χ1v) is 8.66. The minimum atomic E-state index is -0.0764. The Morgan fingerprint density at radius 3 is 2.31 bits per heavy atom. The van der Waals surface area contributed by atoms with Gasteiger partial charge in [0.25, 0.3) is 0 Å². The SMILES string of the molecule is COc1cc2c(cc1OC)C(CCN1CCOCC1)=NC(C)(C)C2.Cl.Cl. The maximum atomic E-state index is 5.49. The van der Waals surface area contributed by atoms with Crippen molar-refractivity contribution in [1.29, 1.82) is 0 Å². The van der Waals surface area contributed by atoms with E-state index in [2.05, 4.69) is 30.9 Å². The van der Waals surface area contributed by atoms with Crippen LogP contribution < -0.4 is 9.47 Å². The van der Waals surface area contributed by atoms with Crippen molar-refractivity contribution >= 4 is 30.5 Å². The normalized spacial score (nSPS) is 18.7. The fraction of sp³-hybridized carbons (Fsp3) is 0.632. The van der Waals surface area contributed by atoms with Crippen LogP contribution in [0.1, 0.15) is 31.4 Å². The van der Waals surface area contributed by atoms with Crippen molar-refractivity contribution in [3.63, 3.8) is 0 Å². The number of aliphatic imine (C=N–C) groups is 1. The summed E-state index contributed by atoms with van der Waals surface area (Å²) in [5.74, 6) is 1.57. The van der Waals surface area contributed by atoms with E-state index in [9.17, 15) is 0 Å². The van der Waals surface area contributed by atoms with Crippen LogP contribution in [0.3, 0.4) is 0 Å². The summed E-state index contributed by atoms with van der Waals surface area (Å²) < 4.78 is 16.4. The highest BCUT2D eigenvalue weighted by molar-refractivity contribution is 6.03. The van der Waals surface area contributed by atoms with Gasteiger partial charge in [0.1, 0.15) is 0 Å². The molecule has 0 bridgehead atoms. The molecule has 5 nitrogen and oxygen atoms in total. The molecule has 0 aliphatic carbocycles. The van der Waals surface area contributed by atoms with Gasteiger partial charge >= 0.3 is 0 Å². The zero-order valence-corrected chi connectivity index (χ0v) is 17.7. The van der Waals surface area contributed by atoms with Gasteiger partial charge in [-0.25, -0.2) is 0 Å². The molecule has 2 aliphatic rings. The highest BCUT2D eigenvalue weighted by Crippen LogP contribution is 2.36. The highest BCUT2D eigenvalue weighted by Gasteiger charge is 2.28. The molecule has 1 aromatic rings. The lowest BCUT2D eigenvalue weighted by Crippen LogP contribution is -2.38. The van der Waals surface area contributed by atoms with E-state index in [1.165, 1.54) is 16.8 Å². The Morgan fingerprint density at radius 2 is 1.69 bits per heavy atom. The molecule has 0 unspecified atom stereocenters. The molecule has 148 valence electrons. The van der Waals surface area contributed by atoms with Crippen molar-refractivity contribution in [3.8, 4) is 11.5 Å². The van der Waals surface area contributed by atoms with Crippen LogP contribution in [0, 0.1) is 0 Å². The third-order valence-corrected chi connectivity index (χ3v) is 4.75. The Hall–Kier alpha value is -1.01. The van der Waals surface area contributed by atoms with Gasteiger partial charge in [-0.3, -0.25) is 9.89 Å². The van der Waals surface area contributed by atoms with Crippen LogP contribution in [0.4, 0.5) is 0 Å². The lowest BCUT2D eigenvalue weighted by Gasteiger charge is -2.32. The second kappa shape index (κ2) is 9.79. The minimum absolute atomic E-state index is 0. The van der Waals surface area contributed by atoms with Crippen LogP contribution in [0.15, 0.2) is 17.1 Å². The molecule has 1 saturated heterocycles. The van der Waals surface area contributed by atoms with E-state index in [4.69, 9.17) is 19.2 Å². The summed E-state index contributed by atoms with van der Waals surface area (Å²) in [4.78, 5) is 7.49. The van der Waals surface area contributed by atoms with Crippen molar-refractivity contribution in [2.45, 2.75) is 32.2 Å². The Morgan fingerprint density at radius 1 is 1.08 bits per heavy atom. The molecule has 26 heavy (non-hydrogen) atoms. The lowest BCUT2D eigenvalue weighted by atomic mass is 9.85. The van der Waals surface area contributed by atoms with Crippen LogP contribution in [0.25, 0.3) is 0 Å². The van der Waals surface area contributed by atoms with Crippen molar-refractivity contribution in [2.75, 3.05) is 47.1 Å². The molecule has 2 aliphatic heterocycles. The van der Waals surface area contributed by atoms with Gasteiger partial charge in [0.2, 0.25) is 0 Å². The number of nitrogens with zero attached hydrogens (tertiary/aromatic N) is 2. The molecule has 1 aromatic carbocycles. The largest absolute Gasteiger partial charge is 0.493 e. The number of methoxy groups -OCH3 is 2. The van der Waals surface area contributed by atoms with Gasteiger partial charge in [-0.15, -0.1) is 24.8 Å². The first kappa shape index (κ1) is 23.0. The number of benzene rings is 1. The van der Waals surface area contributed by atoms with Gasteiger partial charge in [0.05, 0.1) is 33.0 Å². The van der Waals surface area contributed by atoms with E-state index in [1.807, 2.05) is 0 Å². The minimum Gasteiger partial charge on any atom is -0.493 e. The average molecular weight is 405 g/mol. The van der Waals surface area contributed by atoms with Gasteiger partial charge in [0, 0.05) is 37.3 Å². The Bertz CT molecular complexity index is 629. The lowest BCUT2D eigenvalue weighted by molar-refractivity contribution is 0.0392. The third-order valence-electron chi connectivity index (χ3n) is 4.75. The second-order valence-corrected chi connectivity index (χ2v) is 7.12. The number of halogens is 2. The van der Waals surface area contributed by atoms with E-state index in [-0.39, 0.29) is 30.4 Å². The van der Waals surface area contributed by atoms with Crippen molar-refractivity contribution < 1.29 is 14.2 Å². The van der Waals surface area contributed by atoms with E-state index in [0.29, 0.717) is 0 Å². The summed E-state index contributed by atoms with van der Waals surface area (Å²) in [5, 5.41) is 0. The van der Waals surface area contributed by atoms with Crippen molar-refractivity contribution in [2.24, 2.45) is 4.99 Å². The molecule has 0 amide bonds. The Kier molecular flexibility index (Phi) is 8.67. The molecule has 0 radical (unpaired) electrons. The first-order valence-electron chi connectivity index (χ1n) is 8.66. The van der Waals surface area contributed by atoms with Crippen LogP contribution in [-0.2, 0) is 11.2 Å². The second-order valence-electron chi connectivity index (χ2n) is 7.12. The zero-order valence-electron chi connectivity index (χ0n) is 16.0. The van der Waals surface area contributed by atoms with Crippen LogP contribution >= 0.6 is 24.8 Å². The van der Waals surface area contributed by atoms with E-state index in [0.717, 1.165) is 57.2 Å². The van der Waals surface area contributed by atoms with E-state index < -0.39 is 0 Å². The summed E-state index contributed by atoms with van der Waals surface area (Å²) in [5.41, 5.74) is 3.60. The standard InChI is InChI=1S/C19H28N2O3.2ClH/c1-19(2)13-14-11-17(22-3)18(23-4)12-15(14)16(20-19)5-6-21-7-9-24-10-8-21;;/h11-12H,5-10,13H2,1-4H3;2*1H. The van der Waals surface area contributed by atoms with Crippen LogP contribution in [0.5, 0.6) is 11.5 Å². The quantitative estimate of drug-likeness (QED) is 0.753. The fourth-order valence-corrected chi connectivity index (χ4v) is 3.55. The number of morpholine rings is 1. The summed E-state index contributed by atoms with van der Waals surface area (Å²) in [6.45, 7) is 9.10. The number of ether oxygens (including phenoxy) is 3. The van der Waals surface area contributed by atoms with Crippen molar-refractivity contribution in [3.05, 3.63) is 23.3 Å². The molecule has 0 aromatic heterocycles. The number of fused-ring (bicyclic) bond motifs is 1. The fourth-order valence-electron chi connectivity index (χ4n) is 3.55. The predicted molar refractivity (Wildman–Crippen MR) is 110 cm³/mol. The molecule has 0 N–H and O–H groups in total. The van der Waals surface area contributed by atoms with Gasteiger partial charge < -0.3 is 14.2 Å². The highest BCUT2D eigenvalue weighted by atomic mass is 35.5. The molecule has 0 saturated carbocycles. The molecular formula is C19H30Cl2N2O3. The van der Waals surface area contributed by atoms with Gasteiger partial charge in [-0.2, -0.15) is 0 Å². The maximum absolute atomic E-state index is 5.49. The number of rotatable bonds is 5. The van der Waals surface area contributed by atoms with E-state index in [1.54, 1.807) is 14.2 Å². The molecule has 2 heterocycles. The summed E-state index contributed by atoms with van der Waals surface area (Å²) in [6, 6.07) is 4.20. The molecule has 0 atom stereocenters. The molecule has 0 spiro atoms. The molecule has 3 rings (SSSR count). The molecule has 7 heteroatoms. The summed E-state index contributed by atoms with van der Waals surface area (Å²) in [7, 11) is 3.37. The maximum Gasteiger partial charge on any atom is 0.161 e. The summed E-state index contributed by atoms with van der Waals surface area (Å²) >= 11 is 0.